The summed E-state index contributed by atoms with van der Waals surface area (Å²) in [6.45, 7) is 1.32. The van der Waals surface area contributed by atoms with Crippen molar-refractivity contribution < 1.29 is 19.1 Å². The van der Waals surface area contributed by atoms with E-state index in [2.05, 4.69) is 5.32 Å². The van der Waals surface area contributed by atoms with Crippen LogP contribution < -0.4 is 10.6 Å². The van der Waals surface area contributed by atoms with Gasteiger partial charge >= 0.3 is 12.0 Å². The Balaban J connectivity index is 2.75. The van der Waals surface area contributed by atoms with Crippen molar-refractivity contribution in [2.24, 2.45) is 0 Å². The predicted octanol–water partition coefficient (Wildman–Crippen LogP) is 1.99. The summed E-state index contributed by atoms with van der Waals surface area (Å²) in [7, 11) is 1.35. The molecule has 0 bridgehead atoms. The number of benzene rings is 1. The minimum Gasteiger partial charge on any atom is -0.449 e. The van der Waals surface area contributed by atoms with Gasteiger partial charge in [-0.05, 0) is 19.1 Å². The Hall–Kier alpha value is -1.79. The lowest BCUT2D eigenvalue weighted by Gasteiger charge is -2.13. The fourth-order valence-corrected chi connectivity index (χ4v) is 1.79. The molecular formula is C12H12Cl2N2O4. The number of amides is 3. The van der Waals surface area contributed by atoms with Gasteiger partial charge < -0.3 is 10.1 Å². The van der Waals surface area contributed by atoms with Crippen molar-refractivity contribution in [1.29, 1.82) is 0 Å². The lowest BCUT2D eigenvalue weighted by Crippen LogP contribution is -2.43. The highest BCUT2D eigenvalue weighted by Crippen LogP contribution is 2.25. The van der Waals surface area contributed by atoms with Gasteiger partial charge in [-0.15, -0.1) is 0 Å². The zero-order valence-electron chi connectivity index (χ0n) is 10.7. The van der Waals surface area contributed by atoms with Crippen molar-refractivity contribution >= 4 is 41.1 Å². The van der Waals surface area contributed by atoms with Gasteiger partial charge in [-0.3, -0.25) is 10.1 Å². The number of esters is 1. The molecule has 0 spiro atoms. The quantitative estimate of drug-likeness (QED) is 0.835. The van der Waals surface area contributed by atoms with Gasteiger partial charge in [0.1, 0.15) is 0 Å². The van der Waals surface area contributed by atoms with Gasteiger partial charge in [0.05, 0.1) is 15.6 Å². The zero-order valence-corrected chi connectivity index (χ0v) is 12.2. The molecule has 0 aliphatic rings. The Morgan fingerprint density at radius 3 is 2.25 bits per heavy atom. The number of carbonyl (C=O) groups is 3. The summed E-state index contributed by atoms with van der Waals surface area (Å²) in [5.41, 5.74) is -0.0320. The largest absolute Gasteiger partial charge is 0.449 e. The fourth-order valence-electron chi connectivity index (χ4n) is 1.24. The number of nitrogens with one attached hydrogen (secondary N) is 2. The van der Waals surface area contributed by atoms with E-state index in [4.69, 9.17) is 27.9 Å². The normalized spacial score (nSPS) is 11.4. The lowest BCUT2D eigenvalue weighted by atomic mass is 10.2. The van der Waals surface area contributed by atoms with Crippen molar-refractivity contribution in [1.82, 2.24) is 10.6 Å². The van der Waals surface area contributed by atoms with Crippen molar-refractivity contribution in [3.63, 3.8) is 0 Å². The van der Waals surface area contributed by atoms with E-state index in [1.807, 2.05) is 5.32 Å². The Kier molecular flexibility index (Phi) is 5.79. The first kappa shape index (κ1) is 16.3. The molecule has 0 saturated carbocycles. The number of carbonyl (C=O) groups excluding carboxylic acids is 3. The third-order valence-electron chi connectivity index (χ3n) is 2.28. The van der Waals surface area contributed by atoms with Crippen molar-refractivity contribution in [3.8, 4) is 0 Å². The molecule has 1 aromatic carbocycles. The highest BCUT2D eigenvalue weighted by molar-refractivity contribution is 6.39. The Morgan fingerprint density at radius 2 is 1.75 bits per heavy atom. The molecule has 20 heavy (non-hydrogen) atoms. The van der Waals surface area contributed by atoms with E-state index in [1.165, 1.54) is 26.1 Å². The summed E-state index contributed by atoms with van der Waals surface area (Å²) >= 11 is 11.7. The maximum Gasteiger partial charge on any atom is 0.341 e. The maximum atomic E-state index is 11.9. The molecule has 2 N–H and O–H groups in total. The number of hydrogen-bond acceptors (Lipinski definition) is 4. The Morgan fingerprint density at radius 1 is 1.20 bits per heavy atom. The molecule has 1 rings (SSSR count). The molecule has 0 radical (unpaired) electrons. The topological polar surface area (TPSA) is 84.5 Å². The van der Waals surface area contributed by atoms with Crippen LogP contribution in [-0.4, -0.2) is 31.1 Å². The van der Waals surface area contributed by atoms with E-state index in [1.54, 1.807) is 6.07 Å². The third kappa shape index (κ3) is 4.11. The lowest BCUT2D eigenvalue weighted by molar-refractivity contribution is -0.127. The van der Waals surface area contributed by atoms with Gasteiger partial charge in [0.15, 0.2) is 6.10 Å². The molecule has 3 amide bonds. The zero-order chi connectivity index (χ0) is 15.3. The molecule has 108 valence electrons. The molecule has 0 fully saturated rings. The number of urea groups is 1. The average Bonchev–Trinajstić information content (AvgIpc) is 2.38. The second-order valence-electron chi connectivity index (χ2n) is 3.71. The van der Waals surface area contributed by atoms with Gasteiger partial charge in [-0.2, -0.15) is 0 Å². The van der Waals surface area contributed by atoms with E-state index < -0.39 is 24.0 Å². The van der Waals surface area contributed by atoms with Crippen LogP contribution in [0.2, 0.25) is 10.0 Å². The smallest absolute Gasteiger partial charge is 0.341 e. The second kappa shape index (κ2) is 7.12. The van der Waals surface area contributed by atoms with Crippen LogP contribution in [0.5, 0.6) is 0 Å². The first-order valence-electron chi connectivity index (χ1n) is 5.54. The van der Waals surface area contributed by atoms with Crippen LogP contribution in [0.3, 0.4) is 0 Å². The molecule has 0 aliphatic heterocycles. The minimum atomic E-state index is -1.17. The second-order valence-corrected chi connectivity index (χ2v) is 4.53. The number of rotatable bonds is 3. The van der Waals surface area contributed by atoms with Gasteiger partial charge in [-0.25, -0.2) is 9.59 Å². The van der Waals surface area contributed by atoms with Crippen molar-refractivity contribution in [2.45, 2.75) is 13.0 Å². The van der Waals surface area contributed by atoms with Crippen molar-refractivity contribution in [2.75, 3.05) is 7.05 Å². The van der Waals surface area contributed by atoms with E-state index >= 15 is 0 Å². The molecule has 8 heteroatoms. The molecule has 0 aromatic heterocycles. The third-order valence-corrected chi connectivity index (χ3v) is 2.91. The molecule has 0 heterocycles. The maximum absolute atomic E-state index is 11.9. The highest BCUT2D eigenvalue weighted by atomic mass is 35.5. The monoisotopic (exact) mass is 318 g/mol. The standard InChI is InChI=1S/C12H12Cl2N2O4/c1-6(10(17)16-12(19)15-2)20-11(18)9-7(13)4-3-5-8(9)14/h3-6H,1-2H3,(H2,15,16,17,19). The molecule has 0 aliphatic carbocycles. The van der Waals surface area contributed by atoms with E-state index in [-0.39, 0.29) is 15.6 Å². The van der Waals surface area contributed by atoms with Gasteiger partial charge in [0.25, 0.3) is 5.91 Å². The summed E-state index contributed by atoms with van der Waals surface area (Å²) in [6, 6.07) is 3.82. The van der Waals surface area contributed by atoms with Gasteiger partial charge in [0, 0.05) is 7.05 Å². The first-order chi connectivity index (χ1) is 9.36. The molecule has 0 saturated heterocycles. The number of ether oxygens (including phenoxy) is 1. The summed E-state index contributed by atoms with van der Waals surface area (Å²) < 4.78 is 4.91. The predicted molar refractivity (Wildman–Crippen MR) is 73.9 cm³/mol. The molecule has 1 aromatic rings. The molecule has 1 atom stereocenters. The van der Waals surface area contributed by atoms with Gasteiger partial charge in [0.2, 0.25) is 0 Å². The average molecular weight is 319 g/mol. The first-order valence-corrected chi connectivity index (χ1v) is 6.30. The summed E-state index contributed by atoms with van der Waals surface area (Å²) in [5, 5.41) is 4.41. The summed E-state index contributed by atoms with van der Waals surface area (Å²) in [5.74, 6) is -1.61. The molecule has 6 nitrogen and oxygen atoms in total. The van der Waals surface area contributed by atoms with Crippen molar-refractivity contribution in [3.05, 3.63) is 33.8 Å². The van der Waals surface area contributed by atoms with E-state index in [0.717, 1.165) is 0 Å². The highest BCUT2D eigenvalue weighted by Gasteiger charge is 2.23. The van der Waals surface area contributed by atoms with Crippen LogP contribution >= 0.6 is 23.2 Å². The van der Waals surface area contributed by atoms with Crippen LogP contribution in [-0.2, 0) is 9.53 Å². The fraction of sp³-hybridized carbons (Fsp3) is 0.250. The summed E-state index contributed by atoms with van der Waals surface area (Å²) in [4.78, 5) is 34.4. The number of hydrogen-bond donors (Lipinski definition) is 2. The Bertz CT molecular complexity index is 528. The minimum absolute atomic E-state index is 0.0320. The number of imide groups is 1. The van der Waals surface area contributed by atoms with Crippen LogP contribution in [0.25, 0.3) is 0 Å². The van der Waals surface area contributed by atoms with E-state index in [9.17, 15) is 14.4 Å². The summed E-state index contributed by atoms with van der Waals surface area (Å²) in [6.07, 6.45) is -1.17. The Labute approximate surface area is 125 Å². The van der Waals surface area contributed by atoms with Crippen LogP contribution in [0.1, 0.15) is 17.3 Å². The van der Waals surface area contributed by atoms with Crippen LogP contribution in [0, 0.1) is 0 Å². The molecule has 1 unspecified atom stereocenters. The number of halogens is 2. The van der Waals surface area contributed by atoms with E-state index in [0.29, 0.717) is 0 Å². The SMILES string of the molecule is CNC(=O)NC(=O)C(C)OC(=O)c1c(Cl)cccc1Cl. The van der Waals surface area contributed by atoms with Crippen LogP contribution in [0.15, 0.2) is 18.2 Å². The van der Waals surface area contributed by atoms with Crippen LogP contribution in [0.4, 0.5) is 4.79 Å². The molecular weight excluding hydrogens is 307 g/mol. The van der Waals surface area contributed by atoms with Gasteiger partial charge in [-0.1, -0.05) is 29.3 Å².